The van der Waals surface area contributed by atoms with Gasteiger partial charge in [0.2, 0.25) is 0 Å². The monoisotopic (exact) mass is 274 g/mol. The molecule has 1 saturated carbocycles. The number of nitrogens with zero attached hydrogens (tertiary/aromatic N) is 1. The number of anilines is 1. The van der Waals surface area contributed by atoms with Crippen molar-refractivity contribution in [2.75, 3.05) is 19.4 Å². The SMILES string of the molecule is CC1CCCC(C)C1Nc1ccc(C(=O)N(C)C)cc1. The highest BCUT2D eigenvalue weighted by atomic mass is 16.2. The number of carbonyl (C=O) groups is 1. The first-order chi connectivity index (χ1) is 9.49. The van der Waals surface area contributed by atoms with Crippen molar-refractivity contribution in [1.82, 2.24) is 4.90 Å². The van der Waals surface area contributed by atoms with Gasteiger partial charge in [0.25, 0.3) is 5.91 Å². The predicted octanol–water partition coefficient (Wildman–Crippen LogP) is 3.63. The predicted molar refractivity (Wildman–Crippen MR) is 84.0 cm³/mol. The van der Waals surface area contributed by atoms with Crippen molar-refractivity contribution in [1.29, 1.82) is 0 Å². The number of hydrogen-bond donors (Lipinski definition) is 1. The molecule has 2 atom stereocenters. The number of benzene rings is 1. The fourth-order valence-electron chi connectivity index (χ4n) is 3.13. The van der Waals surface area contributed by atoms with Crippen LogP contribution in [-0.2, 0) is 0 Å². The van der Waals surface area contributed by atoms with Crippen molar-refractivity contribution in [2.45, 2.75) is 39.2 Å². The first-order valence-electron chi connectivity index (χ1n) is 7.57. The van der Waals surface area contributed by atoms with Crippen LogP contribution in [-0.4, -0.2) is 30.9 Å². The third kappa shape index (κ3) is 3.33. The summed E-state index contributed by atoms with van der Waals surface area (Å²) in [4.78, 5) is 13.5. The lowest BCUT2D eigenvalue weighted by Crippen LogP contribution is -2.37. The Morgan fingerprint density at radius 3 is 2.15 bits per heavy atom. The molecule has 0 aliphatic heterocycles. The second kappa shape index (κ2) is 6.29. The minimum Gasteiger partial charge on any atom is -0.382 e. The Kier molecular flexibility index (Phi) is 4.69. The molecule has 1 amide bonds. The fraction of sp³-hybridized carbons (Fsp3) is 0.588. The van der Waals surface area contributed by atoms with Gasteiger partial charge in [-0.2, -0.15) is 0 Å². The van der Waals surface area contributed by atoms with E-state index in [4.69, 9.17) is 0 Å². The first-order valence-corrected chi connectivity index (χ1v) is 7.57. The van der Waals surface area contributed by atoms with Gasteiger partial charge in [-0.3, -0.25) is 4.79 Å². The Labute approximate surface area is 122 Å². The van der Waals surface area contributed by atoms with Crippen LogP contribution >= 0.6 is 0 Å². The molecule has 0 spiro atoms. The molecule has 110 valence electrons. The van der Waals surface area contributed by atoms with Gasteiger partial charge in [0, 0.05) is 31.4 Å². The average Bonchev–Trinajstić information content (AvgIpc) is 2.43. The van der Waals surface area contributed by atoms with Crippen molar-refractivity contribution in [3.05, 3.63) is 29.8 Å². The van der Waals surface area contributed by atoms with Crippen molar-refractivity contribution < 1.29 is 4.79 Å². The molecule has 1 aromatic carbocycles. The second-order valence-electron chi connectivity index (χ2n) is 6.33. The van der Waals surface area contributed by atoms with E-state index >= 15 is 0 Å². The number of amides is 1. The zero-order valence-electron chi connectivity index (χ0n) is 13.0. The van der Waals surface area contributed by atoms with Crippen LogP contribution in [0.4, 0.5) is 5.69 Å². The lowest BCUT2D eigenvalue weighted by atomic mass is 9.78. The van der Waals surface area contributed by atoms with E-state index < -0.39 is 0 Å². The maximum atomic E-state index is 11.9. The second-order valence-corrected chi connectivity index (χ2v) is 6.33. The third-order valence-corrected chi connectivity index (χ3v) is 4.42. The van der Waals surface area contributed by atoms with Crippen molar-refractivity contribution >= 4 is 11.6 Å². The van der Waals surface area contributed by atoms with E-state index in [1.54, 1.807) is 19.0 Å². The first kappa shape index (κ1) is 14.9. The number of carbonyl (C=O) groups excluding carboxylic acids is 1. The van der Waals surface area contributed by atoms with E-state index in [1.165, 1.54) is 19.3 Å². The van der Waals surface area contributed by atoms with Crippen LogP contribution in [0.3, 0.4) is 0 Å². The van der Waals surface area contributed by atoms with Gasteiger partial charge < -0.3 is 10.2 Å². The van der Waals surface area contributed by atoms with Crippen LogP contribution in [0.25, 0.3) is 0 Å². The molecule has 0 bridgehead atoms. The van der Waals surface area contributed by atoms with Gasteiger partial charge in [-0.1, -0.05) is 20.3 Å². The lowest BCUT2D eigenvalue weighted by molar-refractivity contribution is 0.0827. The van der Waals surface area contributed by atoms with Gasteiger partial charge in [0.15, 0.2) is 0 Å². The van der Waals surface area contributed by atoms with Crippen molar-refractivity contribution in [2.24, 2.45) is 11.8 Å². The highest BCUT2D eigenvalue weighted by Crippen LogP contribution is 2.31. The number of rotatable bonds is 3. The molecular weight excluding hydrogens is 248 g/mol. The summed E-state index contributed by atoms with van der Waals surface area (Å²) in [5.41, 5.74) is 1.86. The summed E-state index contributed by atoms with van der Waals surface area (Å²) in [6.07, 6.45) is 3.95. The van der Waals surface area contributed by atoms with Crippen LogP contribution < -0.4 is 5.32 Å². The fourth-order valence-corrected chi connectivity index (χ4v) is 3.13. The molecule has 1 fully saturated rings. The maximum Gasteiger partial charge on any atom is 0.253 e. The van der Waals surface area contributed by atoms with Crippen molar-refractivity contribution in [3.8, 4) is 0 Å². The van der Waals surface area contributed by atoms with E-state index in [0.717, 1.165) is 11.3 Å². The highest BCUT2D eigenvalue weighted by Gasteiger charge is 2.27. The molecule has 2 rings (SSSR count). The Morgan fingerprint density at radius 1 is 1.10 bits per heavy atom. The minimum absolute atomic E-state index is 0.0518. The number of hydrogen-bond acceptors (Lipinski definition) is 2. The summed E-state index contributed by atoms with van der Waals surface area (Å²) < 4.78 is 0. The molecule has 1 aliphatic rings. The van der Waals surface area contributed by atoms with E-state index in [-0.39, 0.29) is 5.91 Å². The van der Waals surface area contributed by atoms with Crippen LogP contribution in [0.5, 0.6) is 0 Å². The Balaban J connectivity index is 2.05. The molecule has 3 heteroatoms. The molecule has 3 nitrogen and oxygen atoms in total. The summed E-state index contributed by atoms with van der Waals surface area (Å²) in [6.45, 7) is 4.66. The summed E-state index contributed by atoms with van der Waals surface area (Å²) in [7, 11) is 3.56. The molecule has 20 heavy (non-hydrogen) atoms. The van der Waals surface area contributed by atoms with E-state index in [9.17, 15) is 4.79 Å². The molecule has 0 saturated heterocycles. The van der Waals surface area contributed by atoms with Gasteiger partial charge in [-0.15, -0.1) is 0 Å². The van der Waals surface area contributed by atoms with Gasteiger partial charge in [0.1, 0.15) is 0 Å². The van der Waals surface area contributed by atoms with Crippen LogP contribution in [0.2, 0.25) is 0 Å². The van der Waals surface area contributed by atoms with Gasteiger partial charge in [-0.05, 0) is 48.9 Å². The van der Waals surface area contributed by atoms with Crippen molar-refractivity contribution in [3.63, 3.8) is 0 Å². The van der Waals surface area contributed by atoms with E-state index in [0.29, 0.717) is 17.9 Å². The maximum absolute atomic E-state index is 11.9. The summed E-state index contributed by atoms with van der Waals surface area (Å²) in [5.74, 6) is 1.47. The molecule has 0 aromatic heterocycles. The van der Waals surface area contributed by atoms with Gasteiger partial charge >= 0.3 is 0 Å². The molecule has 0 heterocycles. The Bertz CT molecular complexity index is 443. The quantitative estimate of drug-likeness (QED) is 0.913. The summed E-state index contributed by atoms with van der Waals surface area (Å²) >= 11 is 0. The zero-order chi connectivity index (χ0) is 14.7. The Morgan fingerprint density at radius 2 is 1.65 bits per heavy atom. The van der Waals surface area contributed by atoms with Crippen LogP contribution in [0, 0.1) is 11.8 Å². The molecule has 2 unspecified atom stereocenters. The van der Waals surface area contributed by atoms with E-state index in [2.05, 4.69) is 19.2 Å². The molecular formula is C17H26N2O. The minimum atomic E-state index is 0.0518. The summed E-state index contributed by atoms with van der Waals surface area (Å²) in [5, 5.41) is 3.65. The van der Waals surface area contributed by atoms with Gasteiger partial charge in [-0.25, -0.2) is 0 Å². The topological polar surface area (TPSA) is 32.3 Å². The smallest absolute Gasteiger partial charge is 0.253 e. The largest absolute Gasteiger partial charge is 0.382 e. The third-order valence-electron chi connectivity index (χ3n) is 4.42. The molecule has 1 aliphatic carbocycles. The summed E-state index contributed by atoms with van der Waals surface area (Å²) in [6, 6.07) is 8.39. The molecule has 0 radical (unpaired) electrons. The highest BCUT2D eigenvalue weighted by molar-refractivity contribution is 5.94. The number of nitrogens with one attached hydrogen (secondary N) is 1. The van der Waals surface area contributed by atoms with E-state index in [1.807, 2.05) is 24.3 Å². The lowest BCUT2D eigenvalue weighted by Gasteiger charge is -2.36. The van der Waals surface area contributed by atoms with Crippen LogP contribution in [0.1, 0.15) is 43.5 Å². The molecule has 1 aromatic rings. The average molecular weight is 274 g/mol. The standard InChI is InChI=1S/C17H26N2O/c1-12-6-5-7-13(2)16(12)18-15-10-8-14(9-11-15)17(20)19(3)4/h8-13,16,18H,5-7H2,1-4H3. The zero-order valence-corrected chi connectivity index (χ0v) is 13.0. The Hall–Kier alpha value is -1.51. The van der Waals surface area contributed by atoms with Crippen LogP contribution in [0.15, 0.2) is 24.3 Å². The normalized spacial score (nSPS) is 26.1. The molecule has 1 N–H and O–H groups in total. The van der Waals surface area contributed by atoms with Gasteiger partial charge in [0.05, 0.1) is 0 Å².